The third-order valence-corrected chi connectivity index (χ3v) is 3.08. The van der Waals surface area contributed by atoms with Crippen molar-refractivity contribution < 1.29 is 14.3 Å². The van der Waals surface area contributed by atoms with Crippen LogP contribution in [0.5, 0.6) is 0 Å². The van der Waals surface area contributed by atoms with Crippen molar-refractivity contribution in [2.24, 2.45) is 0 Å². The summed E-state index contributed by atoms with van der Waals surface area (Å²) in [5.74, 6) is -0.333. The van der Waals surface area contributed by atoms with Gasteiger partial charge >= 0.3 is 5.97 Å². The Morgan fingerprint density at radius 3 is 3.29 bits per heavy atom. The highest BCUT2D eigenvalue weighted by molar-refractivity contribution is 14.1. The summed E-state index contributed by atoms with van der Waals surface area (Å²) in [6, 6.07) is 0. The Morgan fingerprint density at radius 1 is 1.79 bits per heavy atom. The lowest BCUT2D eigenvalue weighted by Crippen LogP contribution is -2.31. The molecular formula is C8H9IN2O3. The molecule has 1 aromatic heterocycles. The average Bonchev–Trinajstić information content (AvgIpc) is 2.59. The molecule has 0 aromatic carbocycles. The summed E-state index contributed by atoms with van der Waals surface area (Å²) in [6.45, 7) is 0.421. The number of hydrogen-bond donors (Lipinski definition) is 1. The largest absolute Gasteiger partial charge is 0.467 e. The van der Waals surface area contributed by atoms with Gasteiger partial charge in [-0.1, -0.05) is 0 Å². The molecule has 0 fully saturated rings. The zero-order chi connectivity index (χ0) is 10.1. The van der Waals surface area contributed by atoms with Crippen molar-refractivity contribution in [1.82, 2.24) is 10.2 Å². The molecule has 14 heavy (non-hydrogen) atoms. The number of esters is 1. The van der Waals surface area contributed by atoms with Gasteiger partial charge in [-0.2, -0.15) is 5.10 Å². The van der Waals surface area contributed by atoms with Gasteiger partial charge in [-0.05, 0) is 22.6 Å². The van der Waals surface area contributed by atoms with Crippen LogP contribution in [0.2, 0.25) is 0 Å². The molecule has 1 aliphatic heterocycles. The van der Waals surface area contributed by atoms with Crippen LogP contribution >= 0.6 is 22.6 Å². The molecule has 2 heterocycles. The van der Waals surface area contributed by atoms with Gasteiger partial charge < -0.3 is 9.47 Å². The maximum absolute atomic E-state index is 11.2. The minimum Gasteiger partial charge on any atom is -0.467 e. The van der Waals surface area contributed by atoms with Gasteiger partial charge in [0.15, 0.2) is 6.10 Å². The first kappa shape index (κ1) is 9.91. The predicted molar refractivity (Wildman–Crippen MR) is 55.6 cm³/mol. The summed E-state index contributed by atoms with van der Waals surface area (Å²) in [5.41, 5.74) is 2.02. The normalized spacial score (nSPS) is 20.3. The van der Waals surface area contributed by atoms with Gasteiger partial charge in [0.25, 0.3) is 0 Å². The van der Waals surface area contributed by atoms with E-state index >= 15 is 0 Å². The number of rotatable bonds is 1. The van der Waals surface area contributed by atoms with Crippen molar-refractivity contribution in [1.29, 1.82) is 0 Å². The maximum atomic E-state index is 11.2. The Hall–Kier alpha value is -0.630. The summed E-state index contributed by atoms with van der Waals surface area (Å²) in [7, 11) is 1.36. The molecule has 0 radical (unpaired) electrons. The van der Waals surface area contributed by atoms with E-state index < -0.39 is 6.10 Å². The van der Waals surface area contributed by atoms with Crippen LogP contribution in [0.15, 0.2) is 0 Å². The second-order valence-corrected chi connectivity index (χ2v) is 4.02. The molecule has 0 bridgehead atoms. The van der Waals surface area contributed by atoms with Crippen molar-refractivity contribution in [3.63, 3.8) is 0 Å². The number of aromatic amines is 1. The number of hydrogen-bond acceptors (Lipinski definition) is 4. The molecule has 6 heteroatoms. The fourth-order valence-electron chi connectivity index (χ4n) is 1.40. The fourth-order valence-corrected chi connectivity index (χ4v) is 2.00. The molecule has 2 rings (SSSR count). The van der Waals surface area contributed by atoms with Gasteiger partial charge in [0.2, 0.25) is 0 Å². The summed E-state index contributed by atoms with van der Waals surface area (Å²) in [5, 5.41) is 6.94. The van der Waals surface area contributed by atoms with E-state index in [2.05, 4.69) is 37.5 Å². The van der Waals surface area contributed by atoms with E-state index in [4.69, 9.17) is 4.74 Å². The number of nitrogens with zero attached hydrogens (tertiary/aromatic N) is 1. The molecule has 1 unspecified atom stereocenters. The van der Waals surface area contributed by atoms with Crippen LogP contribution in [0.4, 0.5) is 0 Å². The molecule has 0 aliphatic carbocycles. The molecule has 0 saturated carbocycles. The molecule has 1 aromatic rings. The van der Waals surface area contributed by atoms with Crippen LogP contribution in [0.3, 0.4) is 0 Å². The third kappa shape index (κ3) is 1.63. The Bertz CT molecular complexity index is 363. The van der Waals surface area contributed by atoms with Crippen LogP contribution in [-0.2, 0) is 27.3 Å². The highest BCUT2D eigenvalue weighted by atomic mass is 127. The minimum atomic E-state index is -0.497. The van der Waals surface area contributed by atoms with Gasteiger partial charge in [0.1, 0.15) is 3.70 Å². The van der Waals surface area contributed by atoms with E-state index in [9.17, 15) is 4.79 Å². The number of halogens is 1. The number of carbonyl (C=O) groups is 1. The molecule has 1 aliphatic rings. The first-order valence-corrected chi connectivity index (χ1v) is 5.21. The second kappa shape index (κ2) is 3.85. The van der Waals surface area contributed by atoms with Crippen LogP contribution in [0, 0.1) is 3.70 Å². The maximum Gasteiger partial charge on any atom is 0.335 e. The quantitative estimate of drug-likeness (QED) is 0.610. The van der Waals surface area contributed by atoms with E-state index in [1.54, 1.807) is 0 Å². The standard InChI is InChI=1S/C8H9IN2O3/c1-13-8(12)6-2-5-4(3-14-6)7(9)11-10-5/h6H,2-3H2,1H3,(H,10,11). The van der Waals surface area contributed by atoms with Crippen molar-refractivity contribution >= 4 is 28.6 Å². The van der Waals surface area contributed by atoms with Gasteiger partial charge in [-0.3, -0.25) is 5.10 Å². The zero-order valence-electron chi connectivity index (χ0n) is 7.54. The Labute approximate surface area is 94.3 Å². The highest BCUT2D eigenvalue weighted by Crippen LogP contribution is 2.23. The smallest absolute Gasteiger partial charge is 0.335 e. The monoisotopic (exact) mass is 308 g/mol. The van der Waals surface area contributed by atoms with E-state index in [-0.39, 0.29) is 5.97 Å². The van der Waals surface area contributed by atoms with E-state index in [1.165, 1.54) is 7.11 Å². The highest BCUT2D eigenvalue weighted by Gasteiger charge is 2.28. The number of ether oxygens (including phenoxy) is 2. The van der Waals surface area contributed by atoms with Crippen LogP contribution in [0.1, 0.15) is 11.3 Å². The summed E-state index contributed by atoms with van der Waals surface area (Å²) < 4.78 is 10.9. The lowest BCUT2D eigenvalue weighted by Gasteiger charge is -2.20. The van der Waals surface area contributed by atoms with E-state index in [0.717, 1.165) is 15.0 Å². The molecule has 5 nitrogen and oxygen atoms in total. The zero-order valence-corrected chi connectivity index (χ0v) is 9.70. The molecule has 1 N–H and O–H groups in total. The van der Waals surface area contributed by atoms with Crippen molar-refractivity contribution in [2.75, 3.05) is 7.11 Å². The molecule has 76 valence electrons. The number of methoxy groups -OCH3 is 1. The van der Waals surface area contributed by atoms with Gasteiger partial charge in [0.05, 0.1) is 13.7 Å². The number of nitrogens with one attached hydrogen (secondary N) is 1. The average molecular weight is 308 g/mol. The number of H-pyrrole nitrogens is 1. The lowest BCUT2D eigenvalue weighted by atomic mass is 10.1. The van der Waals surface area contributed by atoms with E-state index in [0.29, 0.717) is 13.0 Å². The molecule has 0 saturated heterocycles. The summed E-state index contributed by atoms with van der Waals surface area (Å²) >= 11 is 2.13. The Morgan fingerprint density at radius 2 is 2.57 bits per heavy atom. The minimum absolute atomic E-state index is 0.333. The predicted octanol–water partition coefficient (Wildman–Crippen LogP) is 0.629. The number of fused-ring (bicyclic) bond motifs is 1. The molecule has 0 spiro atoms. The van der Waals surface area contributed by atoms with Gasteiger partial charge in [-0.15, -0.1) is 0 Å². The van der Waals surface area contributed by atoms with Crippen LogP contribution < -0.4 is 0 Å². The summed E-state index contributed by atoms with van der Waals surface area (Å²) in [6.07, 6.45) is 0.0154. The van der Waals surface area contributed by atoms with Crippen molar-refractivity contribution in [3.05, 3.63) is 15.0 Å². The first-order chi connectivity index (χ1) is 6.72. The molecule has 0 amide bonds. The molecular weight excluding hydrogens is 299 g/mol. The summed E-state index contributed by atoms with van der Waals surface area (Å²) in [4.78, 5) is 11.2. The van der Waals surface area contributed by atoms with Gasteiger partial charge in [-0.25, -0.2) is 4.79 Å². The second-order valence-electron chi connectivity index (χ2n) is 3.00. The number of carbonyl (C=O) groups excluding carboxylic acids is 1. The number of aromatic nitrogens is 2. The first-order valence-electron chi connectivity index (χ1n) is 4.13. The fraction of sp³-hybridized carbons (Fsp3) is 0.500. The van der Waals surface area contributed by atoms with E-state index in [1.807, 2.05) is 0 Å². The Balaban J connectivity index is 2.18. The third-order valence-electron chi connectivity index (χ3n) is 2.18. The SMILES string of the molecule is COC(=O)C1Cc2[nH]nc(I)c2CO1. The van der Waals surface area contributed by atoms with Crippen molar-refractivity contribution in [2.45, 2.75) is 19.1 Å². The van der Waals surface area contributed by atoms with Crippen LogP contribution in [0.25, 0.3) is 0 Å². The topological polar surface area (TPSA) is 64.2 Å². The van der Waals surface area contributed by atoms with Crippen molar-refractivity contribution in [3.8, 4) is 0 Å². The Kier molecular flexibility index (Phi) is 2.73. The molecule has 1 atom stereocenters. The van der Waals surface area contributed by atoms with Crippen LogP contribution in [-0.4, -0.2) is 29.4 Å². The van der Waals surface area contributed by atoms with Gasteiger partial charge in [0, 0.05) is 17.7 Å². The lowest BCUT2D eigenvalue weighted by molar-refractivity contribution is -0.155.